The van der Waals surface area contributed by atoms with Crippen LogP contribution in [0.15, 0.2) is 22.7 Å². The van der Waals surface area contributed by atoms with Gasteiger partial charge in [-0.3, -0.25) is 0 Å². The van der Waals surface area contributed by atoms with Gasteiger partial charge in [0.25, 0.3) is 0 Å². The van der Waals surface area contributed by atoms with Gasteiger partial charge >= 0.3 is 5.97 Å². The molecule has 2 nitrogen and oxygen atoms in total. The van der Waals surface area contributed by atoms with E-state index in [-0.39, 0.29) is 5.97 Å². The van der Waals surface area contributed by atoms with E-state index in [0.29, 0.717) is 5.56 Å². The van der Waals surface area contributed by atoms with Gasteiger partial charge in [-0.1, -0.05) is 19.4 Å². The molecule has 0 atom stereocenters. The van der Waals surface area contributed by atoms with Crippen molar-refractivity contribution in [2.45, 2.75) is 19.8 Å². The first-order valence-electron chi connectivity index (χ1n) is 4.55. The number of methoxy groups -OCH3 is 1. The van der Waals surface area contributed by atoms with E-state index >= 15 is 0 Å². The number of hydrogen-bond donors (Lipinski definition) is 0. The summed E-state index contributed by atoms with van der Waals surface area (Å²) in [5.41, 5.74) is 1.76. The number of benzene rings is 1. The zero-order chi connectivity index (χ0) is 10.6. The van der Waals surface area contributed by atoms with Crippen LogP contribution in [0.5, 0.6) is 0 Å². The lowest BCUT2D eigenvalue weighted by atomic mass is 10.1. The first kappa shape index (κ1) is 11.2. The molecule has 0 aliphatic rings. The topological polar surface area (TPSA) is 26.3 Å². The Hall–Kier alpha value is -0.830. The molecule has 76 valence electrons. The summed E-state index contributed by atoms with van der Waals surface area (Å²) in [7, 11) is 1.39. The van der Waals surface area contributed by atoms with Crippen LogP contribution in [0.25, 0.3) is 0 Å². The van der Waals surface area contributed by atoms with E-state index in [2.05, 4.69) is 27.6 Å². The molecule has 1 aromatic rings. The molecule has 0 heterocycles. The molecule has 1 aromatic carbocycles. The second-order valence-corrected chi connectivity index (χ2v) is 3.91. The van der Waals surface area contributed by atoms with Crippen molar-refractivity contribution in [3.8, 4) is 0 Å². The second kappa shape index (κ2) is 5.15. The molecule has 0 fully saturated rings. The Balaban J connectivity index is 3.01. The zero-order valence-electron chi connectivity index (χ0n) is 8.34. The molecule has 0 aliphatic carbocycles. The zero-order valence-corrected chi connectivity index (χ0v) is 9.93. The van der Waals surface area contributed by atoms with Gasteiger partial charge in [-0.15, -0.1) is 0 Å². The van der Waals surface area contributed by atoms with Crippen molar-refractivity contribution in [3.05, 3.63) is 33.8 Å². The number of carbonyl (C=O) groups excluding carboxylic acids is 1. The summed E-state index contributed by atoms with van der Waals surface area (Å²) in [6, 6.07) is 5.77. The van der Waals surface area contributed by atoms with Crippen LogP contribution in [-0.2, 0) is 11.2 Å². The number of ether oxygens (including phenoxy) is 1. The maximum atomic E-state index is 11.3. The van der Waals surface area contributed by atoms with Crippen molar-refractivity contribution < 1.29 is 9.53 Å². The lowest BCUT2D eigenvalue weighted by molar-refractivity contribution is 0.0599. The van der Waals surface area contributed by atoms with Crippen molar-refractivity contribution in [1.29, 1.82) is 0 Å². The van der Waals surface area contributed by atoms with Crippen molar-refractivity contribution in [1.82, 2.24) is 0 Å². The molecular weight excluding hydrogens is 244 g/mol. The predicted octanol–water partition coefficient (Wildman–Crippen LogP) is 3.19. The third-order valence-corrected chi connectivity index (χ3v) is 2.67. The van der Waals surface area contributed by atoms with Crippen LogP contribution in [0.1, 0.15) is 29.3 Å². The molecule has 0 bridgehead atoms. The quantitative estimate of drug-likeness (QED) is 0.777. The highest BCUT2D eigenvalue weighted by atomic mass is 79.9. The maximum absolute atomic E-state index is 11.3. The molecule has 0 radical (unpaired) electrons. The Morgan fingerprint density at radius 1 is 1.50 bits per heavy atom. The van der Waals surface area contributed by atoms with Crippen LogP contribution in [-0.4, -0.2) is 13.1 Å². The van der Waals surface area contributed by atoms with Crippen LogP contribution in [0, 0.1) is 0 Å². The Kier molecular flexibility index (Phi) is 4.14. The van der Waals surface area contributed by atoms with E-state index in [0.717, 1.165) is 22.9 Å². The fraction of sp³-hybridized carbons (Fsp3) is 0.364. The highest BCUT2D eigenvalue weighted by Gasteiger charge is 2.10. The molecule has 14 heavy (non-hydrogen) atoms. The number of halogens is 1. The Bertz CT molecular complexity index is 334. The molecule has 0 aliphatic heterocycles. The highest BCUT2D eigenvalue weighted by Crippen LogP contribution is 2.19. The molecule has 0 saturated carbocycles. The summed E-state index contributed by atoms with van der Waals surface area (Å²) < 4.78 is 5.46. The molecule has 0 spiro atoms. The third-order valence-electron chi connectivity index (χ3n) is 1.97. The summed E-state index contributed by atoms with van der Waals surface area (Å²) in [5.74, 6) is -0.296. The molecule has 0 saturated heterocycles. The first-order chi connectivity index (χ1) is 6.69. The minimum absolute atomic E-state index is 0.296. The first-order valence-corrected chi connectivity index (χ1v) is 5.35. The Morgan fingerprint density at radius 2 is 2.21 bits per heavy atom. The van der Waals surface area contributed by atoms with E-state index in [1.54, 1.807) is 0 Å². The minimum Gasteiger partial charge on any atom is -0.465 e. The molecule has 0 N–H and O–H groups in total. The van der Waals surface area contributed by atoms with E-state index in [4.69, 9.17) is 0 Å². The van der Waals surface area contributed by atoms with Crippen molar-refractivity contribution >= 4 is 21.9 Å². The fourth-order valence-electron chi connectivity index (χ4n) is 1.28. The van der Waals surface area contributed by atoms with E-state index in [9.17, 15) is 4.79 Å². The van der Waals surface area contributed by atoms with Gasteiger partial charge in [0.1, 0.15) is 0 Å². The fourth-order valence-corrected chi connectivity index (χ4v) is 1.69. The number of esters is 1. The van der Waals surface area contributed by atoms with Gasteiger partial charge in [0, 0.05) is 4.47 Å². The standard InChI is InChI=1S/C11H13BrO2/c1-3-4-8-5-6-10(12)9(7-8)11(13)14-2/h5-7H,3-4H2,1-2H3. The summed E-state index contributed by atoms with van der Waals surface area (Å²) in [6.45, 7) is 2.11. The largest absolute Gasteiger partial charge is 0.465 e. The number of aryl methyl sites for hydroxylation is 1. The normalized spacial score (nSPS) is 9.93. The molecule has 1 rings (SSSR count). The molecule has 3 heteroatoms. The van der Waals surface area contributed by atoms with Gasteiger partial charge in [0.2, 0.25) is 0 Å². The van der Waals surface area contributed by atoms with Crippen LogP contribution in [0.3, 0.4) is 0 Å². The average molecular weight is 257 g/mol. The number of carbonyl (C=O) groups is 1. The summed E-state index contributed by atoms with van der Waals surface area (Å²) in [5, 5.41) is 0. The summed E-state index contributed by atoms with van der Waals surface area (Å²) >= 11 is 3.32. The van der Waals surface area contributed by atoms with Crippen molar-refractivity contribution in [2.75, 3.05) is 7.11 Å². The SMILES string of the molecule is CCCc1ccc(Br)c(C(=O)OC)c1. The van der Waals surface area contributed by atoms with Gasteiger partial charge in [-0.2, -0.15) is 0 Å². The van der Waals surface area contributed by atoms with Crippen LogP contribution < -0.4 is 0 Å². The lowest BCUT2D eigenvalue weighted by Crippen LogP contribution is -2.03. The van der Waals surface area contributed by atoms with Crippen molar-refractivity contribution in [2.24, 2.45) is 0 Å². The van der Waals surface area contributed by atoms with Gasteiger partial charge in [-0.25, -0.2) is 4.79 Å². The Labute approximate surface area is 92.4 Å². The third kappa shape index (κ3) is 2.58. The van der Waals surface area contributed by atoms with E-state index < -0.39 is 0 Å². The average Bonchev–Trinajstić information content (AvgIpc) is 2.20. The smallest absolute Gasteiger partial charge is 0.339 e. The molecule has 0 unspecified atom stereocenters. The van der Waals surface area contributed by atoms with Crippen LogP contribution in [0.2, 0.25) is 0 Å². The van der Waals surface area contributed by atoms with Gasteiger partial charge in [0.05, 0.1) is 12.7 Å². The van der Waals surface area contributed by atoms with Gasteiger partial charge < -0.3 is 4.74 Å². The Morgan fingerprint density at radius 3 is 2.79 bits per heavy atom. The summed E-state index contributed by atoms with van der Waals surface area (Å²) in [6.07, 6.45) is 2.06. The van der Waals surface area contributed by atoms with Gasteiger partial charge in [-0.05, 0) is 40.0 Å². The van der Waals surface area contributed by atoms with E-state index in [1.165, 1.54) is 7.11 Å². The number of rotatable bonds is 3. The maximum Gasteiger partial charge on any atom is 0.339 e. The second-order valence-electron chi connectivity index (χ2n) is 3.06. The van der Waals surface area contributed by atoms with Crippen molar-refractivity contribution in [3.63, 3.8) is 0 Å². The lowest BCUT2D eigenvalue weighted by Gasteiger charge is -2.05. The predicted molar refractivity (Wildman–Crippen MR) is 59.5 cm³/mol. The van der Waals surface area contributed by atoms with Gasteiger partial charge in [0.15, 0.2) is 0 Å². The molecule has 0 amide bonds. The number of hydrogen-bond acceptors (Lipinski definition) is 2. The summed E-state index contributed by atoms with van der Waals surface area (Å²) in [4.78, 5) is 11.3. The highest BCUT2D eigenvalue weighted by molar-refractivity contribution is 9.10. The van der Waals surface area contributed by atoms with Crippen LogP contribution in [0.4, 0.5) is 0 Å². The molecule has 0 aromatic heterocycles. The minimum atomic E-state index is -0.296. The monoisotopic (exact) mass is 256 g/mol. The van der Waals surface area contributed by atoms with Crippen LogP contribution >= 0.6 is 15.9 Å². The van der Waals surface area contributed by atoms with E-state index in [1.807, 2.05) is 18.2 Å². The molecular formula is C11H13BrO2.